The van der Waals surface area contributed by atoms with Gasteiger partial charge in [-0.25, -0.2) is 0 Å². The molecule has 124 valence electrons. The van der Waals surface area contributed by atoms with Gasteiger partial charge in [-0.3, -0.25) is 14.5 Å². The van der Waals surface area contributed by atoms with Crippen molar-refractivity contribution in [3.05, 3.63) is 33.9 Å². The Morgan fingerprint density at radius 1 is 1.17 bits per heavy atom. The predicted octanol–water partition coefficient (Wildman–Crippen LogP) is 1.89. The van der Waals surface area contributed by atoms with Gasteiger partial charge < -0.3 is 9.32 Å². The van der Waals surface area contributed by atoms with Gasteiger partial charge in [-0.2, -0.15) is 0 Å². The minimum absolute atomic E-state index is 0.129. The fraction of sp³-hybridized carbons (Fsp3) is 0.667. The van der Waals surface area contributed by atoms with Crippen molar-refractivity contribution in [1.82, 2.24) is 9.80 Å². The van der Waals surface area contributed by atoms with Gasteiger partial charge in [-0.15, -0.1) is 0 Å². The molecule has 0 radical (unpaired) electrons. The second-order valence-corrected chi connectivity index (χ2v) is 7.47. The van der Waals surface area contributed by atoms with Gasteiger partial charge in [0, 0.05) is 44.4 Å². The van der Waals surface area contributed by atoms with Crippen molar-refractivity contribution in [2.45, 2.75) is 38.6 Å². The molecule has 5 nitrogen and oxygen atoms in total. The van der Waals surface area contributed by atoms with E-state index in [9.17, 15) is 9.59 Å². The van der Waals surface area contributed by atoms with Crippen LogP contribution in [-0.2, 0) is 0 Å². The van der Waals surface area contributed by atoms with Gasteiger partial charge in [0.05, 0.1) is 0 Å². The first-order valence-corrected chi connectivity index (χ1v) is 8.73. The van der Waals surface area contributed by atoms with Crippen molar-refractivity contribution >= 4 is 5.91 Å². The lowest BCUT2D eigenvalue weighted by atomic mass is 9.95. The van der Waals surface area contributed by atoms with Gasteiger partial charge in [-0.1, -0.05) is 0 Å². The third-order valence-electron chi connectivity index (χ3n) is 5.40. The quantitative estimate of drug-likeness (QED) is 0.854. The first-order chi connectivity index (χ1) is 11.1. The average molecular weight is 316 g/mol. The highest BCUT2D eigenvalue weighted by molar-refractivity contribution is 5.91. The van der Waals surface area contributed by atoms with Crippen molar-refractivity contribution in [1.29, 1.82) is 0 Å². The van der Waals surface area contributed by atoms with E-state index in [1.807, 2.05) is 4.90 Å². The van der Waals surface area contributed by atoms with E-state index in [0.717, 1.165) is 25.6 Å². The van der Waals surface area contributed by atoms with Crippen LogP contribution in [-0.4, -0.2) is 47.9 Å². The number of nitrogens with zero attached hydrogens (tertiary/aromatic N) is 2. The summed E-state index contributed by atoms with van der Waals surface area (Å²) in [6, 6.07) is 3.21. The van der Waals surface area contributed by atoms with Crippen LogP contribution in [0.4, 0.5) is 0 Å². The van der Waals surface area contributed by atoms with Crippen molar-refractivity contribution in [2.75, 3.05) is 26.2 Å². The van der Waals surface area contributed by atoms with Crippen molar-refractivity contribution < 1.29 is 9.21 Å². The summed E-state index contributed by atoms with van der Waals surface area (Å²) in [4.78, 5) is 29.0. The van der Waals surface area contributed by atoms with E-state index in [4.69, 9.17) is 4.42 Å². The summed E-state index contributed by atoms with van der Waals surface area (Å²) in [5, 5.41) is 0. The van der Waals surface area contributed by atoms with Crippen LogP contribution in [0, 0.1) is 18.8 Å². The summed E-state index contributed by atoms with van der Waals surface area (Å²) in [6.07, 6.45) is 5.11. The normalized spacial score (nSPS) is 28.0. The number of fused-ring (bicyclic) bond motifs is 4. The monoisotopic (exact) mass is 316 g/mol. The van der Waals surface area contributed by atoms with E-state index in [-0.39, 0.29) is 17.1 Å². The van der Waals surface area contributed by atoms with Crippen LogP contribution < -0.4 is 5.43 Å². The fourth-order valence-corrected chi connectivity index (χ4v) is 4.07. The zero-order chi connectivity index (χ0) is 16.0. The lowest BCUT2D eigenvalue weighted by molar-refractivity contribution is 0.0700. The minimum atomic E-state index is -0.162. The second-order valence-electron chi connectivity index (χ2n) is 7.47. The summed E-state index contributed by atoms with van der Waals surface area (Å²) in [7, 11) is 0. The number of carbonyl (C=O) groups excluding carboxylic acids is 1. The molecule has 2 atom stereocenters. The summed E-state index contributed by atoms with van der Waals surface area (Å²) in [5.41, 5.74) is -0.162. The third-order valence-corrected chi connectivity index (χ3v) is 5.40. The molecule has 4 aliphatic rings. The Morgan fingerprint density at radius 2 is 2.00 bits per heavy atom. The Kier molecular flexibility index (Phi) is 3.76. The Morgan fingerprint density at radius 3 is 2.74 bits per heavy atom. The van der Waals surface area contributed by atoms with Gasteiger partial charge in [0.25, 0.3) is 5.91 Å². The SMILES string of the molecule is Cc1cc(=O)cc(C(=O)N2C[C@@H]3CC[C@H](C2)N(CC2CC2)C3)o1. The van der Waals surface area contributed by atoms with Gasteiger partial charge in [0.1, 0.15) is 5.76 Å². The van der Waals surface area contributed by atoms with Gasteiger partial charge in [-0.05, 0) is 44.4 Å². The van der Waals surface area contributed by atoms with Crippen molar-refractivity contribution in [3.63, 3.8) is 0 Å². The third kappa shape index (κ3) is 3.20. The van der Waals surface area contributed by atoms with Crippen LogP contribution in [0.25, 0.3) is 0 Å². The number of piperidine rings is 1. The van der Waals surface area contributed by atoms with Crippen molar-refractivity contribution in [3.8, 4) is 0 Å². The summed E-state index contributed by atoms with van der Waals surface area (Å²) < 4.78 is 5.50. The summed E-state index contributed by atoms with van der Waals surface area (Å²) in [5.74, 6) is 1.98. The molecule has 4 fully saturated rings. The number of hydrogen-bond acceptors (Lipinski definition) is 4. The van der Waals surface area contributed by atoms with E-state index in [0.29, 0.717) is 17.7 Å². The Bertz CT molecular complexity index is 664. The molecular formula is C18H24N2O3. The topological polar surface area (TPSA) is 53.8 Å². The second kappa shape index (κ2) is 5.78. The highest BCUT2D eigenvalue weighted by atomic mass is 16.3. The Balaban J connectivity index is 1.53. The summed E-state index contributed by atoms with van der Waals surface area (Å²) >= 11 is 0. The van der Waals surface area contributed by atoms with Gasteiger partial charge in [0.15, 0.2) is 11.2 Å². The molecule has 0 aromatic carbocycles. The molecule has 1 saturated carbocycles. The van der Waals surface area contributed by atoms with Crippen LogP contribution in [0.15, 0.2) is 21.3 Å². The standard InChI is InChI=1S/C18H24N2O3/c1-12-6-16(21)7-17(23-12)18(22)20-10-14-4-5-15(11-20)19(9-14)8-13-2-3-13/h6-7,13-15H,2-5,8-11H2,1H3/t14-,15-/m1/s1. The molecule has 2 bridgehead atoms. The molecular weight excluding hydrogens is 292 g/mol. The highest BCUT2D eigenvalue weighted by Crippen LogP contribution is 2.35. The number of carbonyl (C=O) groups is 1. The lowest BCUT2D eigenvalue weighted by Crippen LogP contribution is -2.45. The predicted molar refractivity (Wildman–Crippen MR) is 86.4 cm³/mol. The fourth-order valence-electron chi connectivity index (χ4n) is 4.07. The number of rotatable bonds is 3. The molecule has 5 heteroatoms. The molecule has 4 heterocycles. The maximum Gasteiger partial charge on any atom is 0.289 e. The average Bonchev–Trinajstić information content (AvgIpc) is 3.33. The molecule has 1 aliphatic carbocycles. The summed E-state index contributed by atoms with van der Waals surface area (Å²) in [6.45, 7) is 5.57. The molecule has 23 heavy (non-hydrogen) atoms. The molecule has 1 aromatic rings. The lowest BCUT2D eigenvalue weighted by Gasteiger charge is -2.36. The van der Waals surface area contributed by atoms with Crippen LogP contribution >= 0.6 is 0 Å². The molecule has 5 rings (SSSR count). The van der Waals surface area contributed by atoms with E-state index in [1.165, 1.54) is 44.4 Å². The van der Waals surface area contributed by atoms with Crippen LogP contribution in [0.2, 0.25) is 0 Å². The molecule has 0 N–H and O–H groups in total. The van der Waals surface area contributed by atoms with Gasteiger partial charge >= 0.3 is 0 Å². The molecule has 3 aliphatic heterocycles. The molecule has 1 aromatic heterocycles. The van der Waals surface area contributed by atoms with E-state index >= 15 is 0 Å². The van der Waals surface area contributed by atoms with E-state index in [1.54, 1.807) is 6.92 Å². The highest BCUT2D eigenvalue weighted by Gasteiger charge is 2.39. The zero-order valence-corrected chi connectivity index (χ0v) is 13.7. The van der Waals surface area contributed by atoms with E-state index < -0.39 is 0 Å². The Hall–Kier alpha value is -1.62. The number of hydrogen-bond donors (Lipinski definition) is 0. The maximum absolute atomic E-state index is 12.8. The largest absolute Gasteiger partial charge is 0.456 e. The Labute approximate surface area is 136 Å². The maximum atomic E-state index is 12.8. The van der Waals surface area contributed by atoms with Gasteiger partial charge in [0.2, 0.25) is 0 Å². The molecule has 3 saturated heterocycles. The molecule has 0 spiro atoms. The zero-order valence-electron chi connectivity index (χ0n) is 13.7. The molecule has 1 amide bonds. The minimum Gasteiger partial charge on any atom is -0.456 e. The smallest absolute Gasteiger partial charge is 0.289 e. The van der Waals surface area contributed by atoms with Crippen LogP contribution in [0.5, 0.6) is 0 Å². The van der Waals surface area contributed by atoms with Crippen LogP contribution in [0.1, 0.15) is 42.0 Å². The first-order valence-electron chi connectivity index (χ1n) is 8.73. The van der Waals surface area contributed by atoms with E-state index in [2.05, 4.69) is 4.90 Å². The first kappa shape index (κ1) is 14.9. The van der Waals surface area contributed by atoms with Crippen LogP contribution in [0.3, 0.4) is 0 Å². The number of amides is 1. The molecule has 0 unspecified atom stereocenters. The van der Waals surface area contributed by atoms with Crippen molar-refractivity contribution in [2.24, 2.45) is 11.8 Å². The number of aryl methyl sites for hydroxylation is 1.